The number of thioether (sulfide) groups is 1. The first-order valence-corrected chi connectivity index (χ1v) is 9.94. The van der Waals surface area contributed by atoms with Gasteiger partial charge in [0.15, 0.2) is 0 Å². The van der Waals surface area contributed by atoms with Gasteiger partial charge in [-0.25, -0.2) is 4.98 Å². The summed E-state index contributed by atoms with van der Waals surface area (Å²) in [7, 11) is 0. The topological polar surface area (TPSA) is 65.8 Å². The average molecular weight is 366 g/mol. The van der Waals surface area contributed by atoms with Crippen molar-refractivity contribution in [2.45, 2.75) is 49.8 Å². The van der Waals surface area contributed by atoms with Crippen molar-refractivity contribution in [3.05, 3.63) is 53.2 Å². The molecule has 134 valence electrons. The zero-order valence-corrected chi connectivity index (χ0v) is 16.0. The maximum Gasteiger partial charge on any atom is 0.237 e. The number of aromatic nitrogens is 1. The van der Waals surface area contributed by atoms with Crippen LogP contribution >= 0.6 is 11.8 Å². The van der Waals surface area contributed by atoms with Gasteiger partial charge in [0.05, 0.1) is 10.8 Å². The molecule has 5 heteroatoms. The molecule has 0 radical (unpaired) electrons. The Balaban J connectivity index is 1.79. The molecule has 26 heavy (non-hydrogen) atoms. The van der Waals surface area contributed by atoms with Gasteiger partial charge in [0, 0.05) is 11.4 Å². The molecule has 1 aromatic carbocycles. The fourth-order valence-electron chi connectivity index (χ4n) is 3.20. The number of amides is 1. The summed E-state index contributed by atoms with van der Waals surface area (Å²) >= 11 is 1.40. The maximum absolute atomic E-state index is 12.6. The highest BCUT2D eigenvalue weighted by molar-refractivity contribution is 8.00. The van der Waals surface area contributed by atoms with Gasteiger partial charge in [0.2, 0.25) is 5.91 Å². The van der Waals surface area contributed by atoms with Crippen LogP contribution in [0.2, 0.25) is 0 Å². The number of para-hydroxylation sites is 1. The standard InChI is InChI=1S/C21H23N3OS/c1-3-19(20(25)23-17-7-5-4-6-8-17)26-21-16(13-22)12-15-11-14(2)9-10-18(15)24-21/h4-8,12,14,19H,3,9-11H2,1-2H3,(H,23,25). The van der Waals surface area contributed by atoms with Crippen molar-refractivity contribution < 1.29 is 4.79 Å². The van der Waals surface area contributed by atoms with E-state index in [0.29, 0.717) is 22.9 Å². The quantitative estimate of drug-likeness (QED) is 0.787. The molecule has 1 amide bonds. The van der Waals surface area contributed by atoms with Crippen LogP contribution in [0, 0.1) is 17.2 Å². The largest absolute Gasteiger partial charge is 0.325 e. The SMILES string of the molecule is CCC(Sc1nc2c(cc1C#N)CC(C)CC2)C(=O)Nc1ccccc1. The number of hydrogen-bond acceptors (Lipinski definition) is 4. The predicted octanol–water partition coefficient (Wildman–Crippen LogP) is 4.59. The van der Waals surface area contributed by atoms with E-state index in [4.69, 9.17) is 4.98 Å². The highest BCUT2D eigenvalue weighted by Crippen LogP contribution is 2.32. The van der Waals surface area contributed by atoms with E-state index in [1.165, 1.54) is 17.3 Å². The number of carbonyl (C=O) groups excluding carboxylic acids is 1. The van der Waals surface area contributed by atoms with Crippen molar-refractivity contribution in [1.82, 2.24) is 4.98 Å². The zero-order chi connectivity index (χ0) is 18.5. The lowest BCUT2D eigenvalue weighted by atomic mass is 9.87. The third-order valence-corrected chi connectivity index (χ3v) is 6.04. The van der Waals surface area contributed by atoms with Crippen LogP contribution in [0.1, 0.15) is 43.5 Å². The first-order valence-electron chi connectivity index (χ1n) is 9.06. The molecule has 2 unspecified atom stereocenters. The lowest BCUT2D eigenvalue weighted by molar-refractivity contribution is -0.115. The van der Waals surface area contributed by atoms with Crippen LogP contribution in [-0.4, -0.2) is 16.1 Å². The van der Waals surface area contributed by atoms with E-state index < -0.39 is 0 Å². The molecule has 1 N–H and O–H groups in total. The van der Waals surface area contributed by atoms with Crippen molar-refractivity contribution in [2.24, 2.45) is 5.92 Å². The Morgan fingerprint density at radius 2 is 2.19 bits per heavy atom. The Morgan fingerprint density at radius 3 is 2.88 bits per heavy atom. The molecule has 1 aromatic heterocycles. The number of aryl methyl sites for hydroxylation is 1. The minimum atomic E-state index is -0.282. The van der Waals surface area contributed by atoms with Gasteiger partial charge in [-0.1, -0.05) is 43.8 Å². The first-order chi connectivity index (χ1) is 12.6. The molecule has 0 bridgehead atoms. The first kappa shape index (κ1) is 18.5. The fourth-order valence-corrected chi connectivity index (χ4v) is 4.20. The van der Waals surface area contributed by atoms with Crippen molar-refractivity contribution in [3.8, 4) is 6.07 Å². The number of nitrogens with zero attached hydrogens (tertiary/aromatic N) is 2. The van der Waals surface area contributed by atoms with Gasteiger partial charge >= 0.3 is 0 Å². The average Bonchev–Trinajstić information content (AvgIpc) is 2.66. The number of hydrogen-bond donors (Lipinski definition) is 1. The Labute approximate surface area is 159 Å². The van der Waals surface area contributed by atoms with E-state index >= 15 is 0 Å². The molecular weight excluding hydrogens is 342 g/mol. The third-order valence-electron chi connectivity index (χ3n) is 4.68. The highest BCUT2D eigenvalue weighted by Gasteiger charge is 2.24. The summed E-state index contributed by atoms with van der Waals surface area (Å²) in [6, 6.07) is 13.7. The molecule has 4 nitrogen and oxygen atoms in total. The van der Waals surface area contributed by atoms with Gasteiger partial charge in [-0.05, 0) is 55.4 Å². The van der Waals surface area contributed by atoms with Gasteiger partial charge in [0.25, 0.3) is 0 Å². The van der Waals surface area contributed by atoms with E-state index in [1.54, 1.807) is 0 Å². The fraction of sp³-hybridized carbons (Fsp3) is 0.381. The van der Waals surface area contributed by atoms with Crippen molar-refractivity contribution >= 4 is 23.4 Å². The summed E-state index contributed by atoms with van der Waals surface area (Å²) < 4.78 is 0. The molecular formula is C21H23N3OS. The predicted molar refractivity (Wildman–Crippen MR) is 105 cm³/mol. The highest BCUT2D eigenvalue weighted by atomic mass is 32.2. The molecule has 0 saturated heterocycles. The normalized spacial score (nSPS) is 17.0. The maximum atomic E-state index is 12.6. The summed E-state index contributed by atoms with van der Waals surface area (Å²) in [5, 5.41) is 12.9. The monoisotopic (exact) mass is 365 g/mol. The molecule has 2 aromatic rings. The van der Waals surface area contributed by atoms with Crippen LogP contribution in [0.25, 0.3) is 0 Å². The summed E-state index contributed by atoms with van der Waals surface area (Å²) in [5.41, 5.74) is 3.63. The van der Waals surface area contributed by atoms with Crippen molar-refractivity contribution in [1.29, 1.82) is 5.26 Å². The molecule has 3 rings (SSSR count). The van der Waals surface area contributed by atoms with Crippen LogP contribution in [0.3, 0.4) is 0 Å². The van der Waals surface area contributed by atoms with Crippen LogP contribution in [-0.2, 0) is 17.6 Å². The lowest BCUT2D eigenvalue weighted by Crippen LogP contribution is -2.25. The van der Waals surface area contributed by atoms with E-state index in [-0.39, 0.29) is 11.2 Å². The molecule has 1 heterocycles. The van der Waals surface area contributed by atoms with Crippen molar-refractivity contribution in [3.63, 3.8) is 0 Å². The zero-order valence-electron chi connectivity index (χ0n) is 15.2. The van der Waals surface area contributed by atoms with Gasteiger partial charge in [-0.3, -0.25) is 4.79 Å². The van der Waals surface area contributed by atoms with Gasteiger partial charge in [-0.2, -0.15) is 5.26 Å². The van der Waals surface area contributed by atoms with Crippen LogP contribution in [0.4, 0.5) is 5.69 Å². The number of nitrogens with one attached hydrogen (secondary N) is 1. The third kappa shape index (κ3) is 4.25. The molecule has 0 spiro atoms. The lowest BCUT2D eigenvalue weighted by Gasteiger charge is -2.22. The van der Waals surface area contributed by atoms with Crippen molar-refractivity contribution in [2.75, 3.05) is 5.32 Å². The van der Waals surface area contributed by atoms with E-state index in [2.05, 4.69) is 18.3 Å². The number of pyridine rings is 1. The summed E-state index contributed by atoms with van der Waals surface area (Å²) in [6.07, 6.45) is 3.72. The Bertz CT molecular complexity index is 829. The summed E-state index contributed by atoms with van der Waals surface area (Å²) in [6.45, 7) is 4.22. The number of carbonyl (C=O) groups is 1. The minimum absolute atomic E-state index is 0.0549. The summed E-state index contributed by atoms with van der Waals surface area (Å²) in [4.78, 5) is 17.4. The second-order valence-electron chi connectivity index (χ2n) is 6.78. The van der Waals surface area contributed by atoms with Gasteiger partial charge in [-0.15, -0.1) is 0 Å². The Kier molecular flexibility index (Phi) is 5.95. The Hall–Kier alpha value is -2.32. The van der Waals surface area contributed by atoms with Crippen LogP contribution in [0.5, 0.6) is 0 Å². The summed E-state index contributed by atoms with van der Waals surface area (Å²) in [5.74, 6) is 0.579. The van der Waals surface area contributed by atoms with Gasteiger partial charge in [0.1, 0.15) is 11.1 Å². The van der Waals surface area contributed by atoms with E-state index in [1.807, 2.05) is 43.3 Å². The number of benzene rings is 1. The van der Waals surface area contributed by atoms with Gasteiger partial charge < -0.3 is 5.32 Å². The molecule has 0 saturated carbocycles. The second kappa shape index (κ2) is 8.37. The smallest absolute Gasteiger partial charge is 0.237 e. The number of rotatable bonds is 5. The van der Waals surface area contributed by atoms with Crippen LogP contribution < -0.4 is 5.32 Å². The van der Waals surface area contributed by atoms with E-state index in [9.17, 15) is 10.1 Å². The van der Waals surface area contributed by atoms with E-state index in [0.717, 1.165) is 30.6 Å². The molecule has 1 aliphatic carbocycles. The minimum Gasteiger partial charge on any atom is -0.325 e. The molecule has 0 aliphatic heterocycles. The Morgan fingerprint density at radius 1 is 1.42 bits per heavy atom. The number of anilines is 1. The number of fused-ring (bicyclic) bond motifs is 1. The number of nitriles is 1. The second-order valence-corrected chi connectivity index (χ2v) is 7.97. The molecule has 0 fully saturated rings. The molecule has 2 atom stereocenters. The van der Waals surface area contributed by atoms with Crippen LogP contribution in [0.15, 0.2) is 41.4 Å². The molecule has 1 aliphatic rings.